The van der Waals surface area contributed by atoms with Gasteiger partial charge >= 0.3 is 0 Å². The first kappa shape index (κ1) is 16.0. The Kier molecular flexibility index (Phi) is 5.21. The van der Waals surface area contributed by atoms with E-state index in [4.69, 9.17) is 4.74 Å². The van der Waals surface area contributed by atoms with Gasteiger partial charge in [0.2, 0.25) is 0 Å². The number of hydrogen-bond acceptors (Lipinski definition) is 4. The molecule has 4 unspecified atom stereocenters. The van der Waals surface area contributed by atoms with Crippen LogP contribution in [0.2, 0.25) is 0 Å². The van der Waals surface area contributed by atoms with Crippen molar-refractivity contribution >= 4 is 5.96 Å². The number of piperazine rings is 1. The minimum atomic E-state index is 0.388. The van der Waals surface area contributed by atoms with E-state index in [-0.39, 0.29) is 0 Å². The SMILES string of the molecule is CN=C(NCC(C)N1CCN(C)CC1)NC1CC2CCC1O2. The molecule has 0 aromatic carbocycles. The molecular formula is C16H31N5O. The predicted octanol–water partition coefficient (Wildman–Crippen LogP) is 0.107. The van der Waals surface area contributed by atoms with Crippen LogP contribution in [0.3, 0.4) is 0 Å². The van der Waals surface area contributed by atoms with Gasteiger partial charge in [0.25, 0.3) is 0 Å². The normalized spacial score (nSPS) is 34.9. The summed E-state index contributed by atoms with van der Waals surface area (Å²) in [6.07, 6.45) is 4.41. The van der Waals surface area contributed by atoms with Gasteiger partial charge in [-0.1, -0.05) is 0 Å². The lowest BCUT2D eigenvalue weighted by atomic mass is 9.96. The van der Waals surface area contributed by atoms with E-state index in [1.807, 2.05) is 7.05 Å². The highest BCUT2D eigenvalue weighted by Gasteiger charge is 2.41. The van der Waals surface area contributed by atoms with E-state index in [1.165, 1.54) is 25.9 Å². The van der Waals surface area contributed by atoms with Crippen molar-refractivity contribution in [3.8, 4) is 0 Å². The molecule has 6 nitrogen and oxygen atoms in total. The average molecular weight is 309 g/mol. The zero-order valence-electron chi connectivity index (χ0n) is 14.2. The van der Waals surface area contributed by atoms with E-state index in [9.17, 15) is 0 Å². The molecule has 22 heavy (non-hydrogen) atoms. The van der Waals surface area contributed by atoms with Gasteiger partial charge in [-0.05, 0) is 33.2 Å². The van der Waals surface area contributed by atoms with Crippen LogP contribution in [0.5, 0.6) is 0 Å². The molecule has 3 fully saturated rings. The number of likely N-dealkylation sites (N-methyl/N-ethyl adjacent to an activating group) is 1. The molecule has 0 amide bonds. The standard InChI is InChI=1S/C16H31N5O/c1-12(21-8-6-20(3)7-9-21)11-18-16(17-2)19-14-10-13-4-5-15(14)22-13/h12-15H,4-11H2,1-3H3,(H2,17,18,19). The van der Waals surface area contributed by atoms with Crippen LogP contribution in [0.4, 0.5) is 0 Å². The van der Waals surface area contributed by atoms with Gasteiger partial charge in [0.15, 0.2) is 5.96 Å². The summed E-state index contributed by atoms with van der Waals surface area (Å²) in [5, 5.41) is 7.04. The first-order valence-corrected chi connectivity index (χ1v) is 8.71. The molecular weight excluding hydrogens is 278 g/mol. The van der Waals surface area contributed by atoms with Crippen molar-refractivity contribution in [1.82, 2.24) is 20.4 Å². The van der Waals surface area contributed by atoms with Crippen molar-refractivity contribution in [1.29, 1.82) is 0 Å². The molecule has 0 saturated carbocycles. The average Bonchev–Trinajstić information content (AvgIpc) is 3.14. The Bertz CT molecular complexity index is 394. The number of ether oxygens (including phenoxy) is 1. The molecule has 0 aliphatic carbocycles. The Morgan fingerprint density at radius 1 is 1.27 bits per heavy atom. The van der Waals surface area contributed by atoms with Gasteiger partial charge in [-0.2, -0.15) is 0 Å². The Labute approximate surface area is 134 Å². The monoisotopic (exact) mass is 309 g/mol. The second-order valence-corrected chi connectivity index (χ2v) is 7.00. The zero-order valence-corrected chi connectivity index (χ0v) is 14.2. The van der Waals surface area contributed by atoms with E-state index in [0.29, 0.717) is 24.3 Å². The summed E-state index contributed by atoms with van der Waals surface area (Å²) in [5.74, 6) is 0.919. The summed E-state index contributed by atoms with van der Waals surface area (Å²) in [7, 11) is 4.05. The second-order valence-electron chi connectivity index (χ2n) is 7.00. The molecule has 4 atom stereocenters. The van der Waals surface area contributed by atoms with Gasteiger partial charge < -0.3 is 20.3 Å². The number of aliphatic imine (C=N–C) groups is 1. The van der Waals surface area contributed by atoms with Crippen molar-refractivity contribution in [2.45, 2.75) is 50.5 Å². The smallest absolute Gasteiger partial charge is 0.191 e. The van der Waals surface area contributed by atoms with Crippen LogP contribution in [0.1, 0.15) is 26.2 Å². The Hall–Kier alpha value is -0.850. The lowest BCUT2D eigenvalue weighted by Crippen LogP contribution is -2.53. The lowest BCUT2D eigenvalue weighted by Gasteiger charge is -2.36. The van der Waals surface area contributed by atoms with E-state index in [1.54, 1.807) is 0 Å². The van der Waals surface area contributed by atoms with Gasteiger partial charge in [-0.15, -0.1) is 0 Å². The van der Waals surface area contributed by atoms with Crippen molar-refractivity contribution in [3.63, 3.8) is 0 Å². The van der Waals surface area contributed by atoms with Gasteiger partial charge in [0, 0.05) is 45.8 Å². The fourth-order valence-electron chi connectivity index (χ4n) is 3.80. The molecule has 2 bridgehead atoms. The summed E-state index contributed by atoms with van der Waals surface area (Å²) in [6.45, 7) is 7.88. The van der Waals surface area contributed by atoms with Crippen LogP contribution in [0.25, 0.3) is 0 Å². The number of nitrogens with one attached hydrogen (secondary N) is 2. The quantitative estimate of drug-likeness (QED) is 0.570. The topological polar surface area (TPSA) is 52.1 Å². The molecule has 0 spiro atoms. The molecule has 0 aromatic rings. The molecule has 0 radical (unpaired) electrons. The third-order valence-electron chi connectivity index (χ3n) is 5.38. The zero-order chi connectivity index (χ0) is 15.5. The van der Waals surface area contributed by atoms with Crippen LogP contribution < -0.4 is 10.6 Å². The van der Waals surface area contributed by atoms with Gasteiger partial charge in [0.05, 0.1) is 18.2 Å². The predicted molar refractivity (Wildman–Crippen MR) is 89.3 cm³/mol. The van der Waals surface area contributed by atoms with Crippen LogP contribution >= 0.6 is 0 Å². The van der Waals surface area contributed by atoms with E-state index >= 15 is 0 Å². The van der Waals surface area contributed by atoms with Crippen LogP contribution in [-0.2, 0) is 4.74 Å². The molecule has 3 rings (SSSR count). The highest BCUT2D eigenvalue weighted by molar-refractivity contribution is 5.80. The Morgan fingerprint density at radius 2 is 2.05 bits per heavy atom. The third-order valence-corrected chi connectivity index (χ3v) is 5.38. The molecule has 6 heteroatoms. The maximum atomic E-state index is 5.90. The maximum Gasteiger partial charge on any atom is 0.191 e. The van der Waals surface area contributed by atoms with E-state index in [2.05, 4.69) is 39.4 Å². The summed E-state index contributed by atoms with van der Waals surface area (Å²) in [6, 6.07) is 0.965. The first-order valence-electron chi connectivity index (χ1n) is 8.71. The summed E-state index contributed by atoms with van der Waals surface area (Å²) in [5.41, 5.74) is 0. The fourth-order valence-corrected chi connectivity index (χ4v) is 3.80. The van der Waals surface area contributed by atoms with Crippen molar-refractivity contribution in [3.05, 3.63) is 0 Å². The molecule has 2 N–H and O–H groups in total. The van der Waals surface area contributed by atoms with Crippen molar-refractivity contribution in [2.75, 3.05) is 46.8 Å². The Morgan fingerprint density at radius 3 is 2.64 bits per heavy atom. The number of rotatable bonds is 4. The molecule has 3 heterocycles. The number of hydrogen-bond donors (Lipinski definition) is 2. The number of guanidine groups is 1. The van der Waals surface area contributed by atoms with Crippen molar-refractivity contribution < 1.29 is 4.74 Å². The second kappa shape index (κ2) is 7.15. The van der Waals surface area contributed by atoms with Crippen LogP contribution in [-0.4, -0.2) is 86.9 Å². The molecule has 3 aliphatic heterocycles. The first-order chi connectivity index (χ1) is 10.7. The van der Waals surface area contributed by atoms with E-state index < -0.39 is 0 Å². The van der Waals surface area contributed by atoms with Gasteiger partial charge in [-0.3, -0.25) is 9.89 Å². The minimum Gasteiger partial charge on any atom is -0.373 e. The highest BCUT2D eigenvalue weighted by atomic mass is 16.5. The van der Waals surface area contributed by atoms with Gasteiger partial charge in [0.1, 0.15) is 0 Å². The third kappa shape index (κ3) is 3.73. The molecule has 126 valence electrons. The molecule has 0 aromatic heterocycles. The minimum absolute atomic E-state index is 0.388. The van der Waals surface area contributed by atoms with Gasteiger partial charge in [-0.25, -0.2) is 0 Å². The van der Waals surface area contributed by atoms with Crippen LogP contribution in [0.15, 0.2) is 4.99 Å². The molecule has 3 saturated heterocycles. The van der Waals surface area contributed by atoms with E-state index in [0.717, 1.165) is 32.0 Å². The number of nitrogens with zero attached hydrogens (tertiary/aromatic N) is 3. The maximum absolute atomic E-state index is 5.90. The van der Waals surface area contributed by atoms with Crippen LogP contribution in [0, 0.1) is 0 Å². The largest absolute Gasteiger partial charge is 0.373 e. The summed E-state index contributed by atoms with van der Waals surface area (Å²) in [4.78, 5) is 9.33. The Balaban J connectivity index is 1.41. The lowest BCUT2D eigenvalue weighted by molar-refractivity contribution is 0.0991. The summed E-state index contributed by atoms with van der Waals surface area (Å²) < 4.78 is 5.90. The highest BCUT2D eigenvalue weighted by Crippen LogP contribution is 2.34. The summed E-state index contributed by atoms with van der Waals surface area (Å²) >= 11 is 0. The van der Waals surface area contributed by atoms with Crippen molar-refractivity contribution in [2.24, 2.45) is 4.99 Å². The molecule has 3 aliphatic rings. The number of fused-ring (bicyclic) bond motifs is 2. The fraction of sp³-hybridized carbons (Fsp3) is 0.938.